The number of aliphatic hydroxyl groups excluding tert-OH is 1. The zero-order valence-electron chi connectivity index (χ0n) is 10.8. The molecule has 1 amide bonds. The van der Waals surface area contributed by atoms with Crippen molar-refractivity contribution in [1.82, 2.24) is 10.2 Å². The molecule has 4 N–H and O–H groups in total. The molecule has 19 heavy (non-hydrogen) atoms. The molecular formula is C11H20N2O6. The summed E-state index contributed by atoms with van der Waals surface area (Å²) in [4.78, 5) is 31.8. The zero-order chi connectivity index (χ0) is 14.8. The van der Waals surface area contributed by atoms with Gasteiger partial charge < -0.3 is 25.5 Å². The number of likely N-dealkylation sites (tertiary alicyclic amines) is 1. The molecule has 0 bridgehead atoms. The smallest absolute Gasteiger partial charge is 0.414 e. The van der Waals surface area contributed by atoms with Crippen LogP contribution in [0.4, 0.5) is 0 Å². The van der Waals surface area contributed by atoms with Gasteiger partial charge in [0.2, 0.25) is 5.91 Å². The van der Waals surface area contributed by atoms with Gasteiger partial charge in [-0.3, -0.25) is 4.79 Å². The fourth-order valence-electron chi connectivity index (χ4n) is 1.70. The maximum atomic E-state index is 11.5. The van der Waals surface area contributed by atoms with Gasteiger partial charge in [0.05, 0.1) is 12.5 Å². The Morgan fingerprint density at radius 2 is 1.84 bits per heavy atom. The molecule has 0 spiro atoms. The lowest BCUT2D eigenvalue weighted by Crippen LogP contribution is -2.42. The minimum Gasteiger partial charge on any atom is -0.473 e. The quantitative estimate of drug-likeness (QED) is 0.466. The van der Waals surface area contributed by atoms with Gasteiger partial charge in [-0.1, -0.05) is 0 Å². The van der Waals surface area contributed by atoms with E-state index in [-0.39, 0.29) is 18.4 Å². The number of piperidine rings is 1. The average molecular weight is 276 g/mol. The number of amides is 1. The van der Waals surface area contributed by atoms with Crippen LogP contribution in [-0.2, 0) is 14.4 Å². The van der Waals surface area contributed by atoms with E-state index in [9.17, 15) is 4.79 Å². The third-order valence-corrected chi connectivity index (χ3v) is 2.59. The second kappa shape index (κ2) is 9.29. The Bertz CT molecular complexity index is 308. The predicted octanol–water partition coefficient (Wildman–Crippen LogP) is -1.41. The summed E-state index contributed by atoms with van der Waals surface area (Å²) >= 11 is 0. The number of carbonyl (C=O) groups is 3. The molecule has 8 nitrogen and oxygen atoms in total. The first-order valence-corrected chi connectivity index (χ1v) is 5.91. The molecule has 1 rings (SSSR count). The monoisotopic (exact) mass is 276 g/mol. The van der Waals surface area contributed by atoms with Crippen molar-refractivity contribution in [3.05, 3.63) is 0 Å². The Kier molecular flexibility index (Phi) is 8.47. The molecule has 1 heterocycles. The highest BCUT2D eigenvalue weighted by atomic mass is 16.4. The van der Waals surface area contributed by atoms with Crippen LogP contribution in [0.3, 0.4) is 0 Å². The fourth-order valence-corrected chi connectivity index (χ4v) is 1.70. The summed E-state index contributed by atoms with van der Waals surface area (Å²) in [5.74, 6) is -3.45. The van der Waals surface area contributed by atoms with Gasteiger partial charge in [-0.25, -0.2) is 9.59 Å². The van der Waals surface area contributed by atoms with Crippen LogP contribution in [0.2, 0.25) is 0 Å². The second-order valence-corrected chi connectivity index (χ2v) is 4.23. The summed E-state index contributed by atoms with van der Waals surface area (Å²) < 4.78 is 0. The van der Waals surface area contributed by atoms with E-state index in [0.29, 0.717) is 6.54 Å². The minimum absolute atomic E-state index is 0.0221. The van der Waals surface area contributed by atoms with Crippen molar-refractivity contribution in [1.29, 1.82) is 0 Å². The number of aliphatic hydroxyl groups is 1. The number of nitrogens with zero attached hydrogens (tertiary/aromatic N) is 1. The van der Waals surface area contributed by atoms with Crippen LogP contribution in [-0.4, -0.2) is 71.4 Å². The third kappa shape index (κ3) is 8.11. The topological polar surface area (TPSA) is 127 Å². The highest BCUT2D eigenvalue weighted by molar-refractivity contribution is 6.27. The van der Waals surface area contributed by atoms with Crippen LogP contribution in [0.25, 0.3) is 0 Å². The van der Waals surface area contributed by atoms with Crippen molar-refractivity contribution in [2.45, 2.75) is 12.8 Å². The van der Waals surface area contributed by atoms with E-state index in [1.807, 2.05) is 7.05 Å². The number of rotatable bonds is 3. The standard InChI is InChI=1S/C9H18N2O2.C2H2O4/c1-11-5-2-3-8(7-11)9(13)10-4-6-12;3-1(4)2(5)6/h8,12H,2-7H2,1H3,(H,10,13);(H,3,4)(H,5,6). The Balaban J connectivity index is 0.000000459. The number of carboxylic acids is 2. The second-order valence-electron chi connectivity index (χ2n) is 4.23. The Morgan fingerprint density at radius 3 is 2.26 bits per heavy atom. The van der Waals surface area contributed by atoms with E-state index < -0.39 is 11.9 Å². The molecule has 0 aromatic rings. The first kappa shape index (κ1) is 17.3. The molecule has 1 aliphatic rings. The van der Waals surface area contributed by atoms with Crippen LogP contribution in [0.5, 0.6) is 0 Å². The maximum Gasteiger partial charge on any atom is 0.414 e. The van der Waals surface area contributed by atoms with Crippen LogP contribution in [0.1, 0.15) is 12.8 Å². The number of nitrogens with one attached hydrogen (secondary N) is 1. The highest BCUT2D eigenvalue weighted by Gasteiger charge is 2.23. The molecule has 110 valence electrons. The van der Waals surface area contributed by atoms with Crippen LogP contribution >= 0.6 is 0 Å². The molecule has 1 unspecified atom stereocenters. The lowest BCUT2D eigenvalue weighted by atomic mass is 9.98. The van der Waals surface area contributed by atoms with Crippen molar-refractivity contribution < 1.29 is 29.7 Å². The predicted molar refractivity (Wildman–Crippen MR) is 65.6 cm³/mol. The number of carbonyl (C=O) groups excluding carboxylic acids is 1. The Labute approximate surface area is 111 Å². The molecule has 1 aliphatic heterocycles. The first-order valence-electron chi connectivity index (χ1n) is 5.91. The van der Waals surface area contributed by atoms with Gasteiger partial charge in [-0.15, -0.1) is 0 Å². The maximum absolute atomic E-state index is 11.5. The van der Waals surface area contributed by atoms with Crippen molar-refractivity contribution in [2.75, 3.05) is 33.3 Å². The highest BCUT2D eigenvalue weighted by Crippen LogP contribution is 2.14. The zero-order valence-corrected chi connectivity index (χ0v) is 10.8. The van der Waals surface area contributed by atoms with Gasteiger partial charge in [0.25, 0.3) is 0 Å². The van der Waals surface area contributed by atoms with E-state index in [1.54, 1.807) is 0 Å². The van der Waals surface area contributed by atoms with Gasteiger partial charge in [0.15, 0.2) is 0 Å². The molecular weight excluding hydrogens is 256 g/mol. The SMILES string of the molecule is CN1CCCC(C(=O)NCCO)C1.O=C(O)C(=O)O. The number of hydrogen-bond acceptors (Lipinski definition) is 5. The molecule has 0 aromatic heterocycles. The van der Waals surface area contributed by atoms with Gasteiger partial charge in [-0.2, -0.15) is 0 Å². The fraction of sp³-hybridized carbons (Fsp3) is 0.727. The third-order valence-electron chi connectivity index (χ3n) is 2.59. The molecule has 1 fully saturated rings. The molecule has 1 saturated heterocycles. The Morgan fingerprint density at radius 1 is 1.26 bits per heavy atom. The number of aliphatic carboxylic acids is 2. The normalized spacial score (nSPS) is 18.9. The van der Waals surface area contributed by atoms with E-state index in [1.165, 1.54) is 0 Å². The van der Waals surface area contributed by atoms with Crippen molar-refractivity contribution in [2.24, 2.45) is 5.92 Å². The summed E-state index contributed by atoms with van der Waals surface area (Å²) in [6, 6.07) is 0. The minimum atomic E-state index is -1.82. The van der Waals surface area contributed by atoms with Crippen molar-refractivity contribution >= 4 is 17.8 Å². The molecule has 0 saturated carbocycles. The summed E-state index contributed by atoms with van der Waals surface area (Å²) in [5, 5.41) is 26.0. The molecule has 8 heteroatoms. The van der Waals surface area contributed by atoms with Crippen molar-refractivity contribution in [3.8, 4) is 0 Å². The molecule has 0 aliphatic carbocycles. The lowest BCUT2D eigenvalue weighted by Gasteiger charge is -2.28. The summed E-state index contributed by atoms with van der Waals surface area (Å²) in [5.41, 5.74) is 0. The van der Waals surface area contributed by atoms with Gasteiger partial charge in [0, 0.05) is 13.1 Å². The van der Waals surface area contributed by atoms with Crippen LogP contribution < -0.4 is 5.32 Å². The molecule has 0 radical (unpaired) electrons. The van der Waals surface area contributed by atoms with Gasteiger partial charge in [-0.05, 0) is 26.4 Å². The van der Waals surface area contributed by atoms with E-state index in [0.717, 1.165) is 25.9 Å². The lowest BCUT2D eigenvalue weighted by molar-refractivity contribution is -0.159. The number of carboxylic acid groups (broad SMARTS) is 2. The van der Waals surface area contributed by atoms with E-state index in [2.05, 4.69) is 10.2 Å². The number of hydrogen-bond donors (Lipinski definition) is 4. The largest absolute Gasteiger partial charge is 0.473 e. The van der Waals surface area contributed by atoms with Crippen molar-refractivity contribution in [3.63, 3.8) is 0 Å². The Hall–Kier alpha value is -1.67. The van der Waals surface area contributed by atoms with Crippen LogP contribution in [0, 0.1) is 5.92 Å². The summed E-state index contributed by atoms with van der Waals surface area (Å²) in [6.07, 6.45) is 2.06. The average Bonchev–Trinajstić information content (AvgIpc) is 2.36. The van der Waals surface area contributed by atoms with E-state index >= 15 is 0 Å². The van der Waals surface area contributed by atoms with Crippen LogP contribution in [0.15, 0.2) is 0 Å². The van der Waals surface area contributed by atoms with Gasteiger partial charge in [0.1, 0.15) is 0 Å². The van der Waals surface area contributed by atoms with Gasteiger partial charge >= 0.3 is 11.9 Å². The summed E-state index contributed by atoms with van der Waals surface area (Å²) in [6.45, 7) is 2.33. The molecule has 0 aromatic carbocycles. The summed E-state index contributed by atoms with van der Waals surface area (Å²) in [7, 11) is 2.03. The molecule has 1 atom stereocenters. The first-order chi connectivity index (χ1) is 8.88. The van der Waals surface area contributed by atoms with E-state index in [4.69, 9.17) is 24.9 Å².